The van der Waals surface area contributed by atoms with Gasteiger partial charge in [0.1, 0.15) is 17.6 Å². The molecule has 39 heavy (non-hydrogen) atoms. The van der Waals surface area contributed by atoms with Crippen LogP contribution in [0.4, 0.5) is 11.5 Å². The van der Waals surface area contributed by atoms with Crippen molar-refractivity contribution in [2.24, 2.45) is 5.73 Å². The van der Waals surface area contributed by atoms with Crippen LogP contribution in [0.1, 0.15) is 24.8 Å². The van der Waals surface area contributed by atoms with Gasteiger partial charge in [-0.1, -0.05) is 30.8 Å². The molecule has 0 amide bonds. The van der Waals surface area contributed by atoms with Crippen LogP contribution in [0.15, 0.2) is 91.1 Å². The molecule has 0 aliphatic heterocycles. The van der Waals surface area contributed by atoms with Gasteiger partial charge >= 0.3 is 0 Å². The van der Waals surface area contributed by atoms with Crippen LogP contribution in [-0.2, 0) is 10.3 Å². The number of nitrogen functional groups attached to an aromatic ring is 1. The lowest BCUT2D eigenvalue weighted by atomic mass is 9.73. The summed E-state index contributed by atoms with van der Waals surface area (Å²) in [5.41, 5.74) is 20.0. The van der Waals surface area contributed by atoms with E-state index in [1.54, 1.807) is 6.20 Å². The fourth-order valence-corrected chi connectivity index (χ4v) is 4.95. The highest BCUT2D eigenvalue weighted by molar-refractivity contribution is 5.84. The molecule has 8 nitrogen and oxygen atoms in total. The summed E-state index contributed by atoms with van der Waals surface area (Å²) in [6.07, 6.45) is 5.59. The van der Waals surface area contributed by atoms with Crippen LogP contribution >= 0.6 is 0 Å². The van der Waals surface area contributed by atoms with E-state index in [0.29, 0.717) is 29.4 Å². The third kappa shape index (κ3) is 4.55. The number of fused-ring (bicyclic) bond motifs is 1. The number of nitrogens with zero attached hydrogens (tertiary/aromatic N) is 4. The number of rotatable bonds is 8. The highest BCUT2D eigenvalue weighted by Crippen LogP contribution is 2.39. The third-order valence-corrected chi connectivity index (χ3v) is 7.40. The third-order valence-electron chi connectivity index (χ3n) is 7.40. The second-order valence-corrected chi connectivity index (χ2v) is 10.0. The van der Waals surface area contributed by atoms with Crippen LogP contribution < -0.4 is 16.8 Å². The minimum atomic E-state index is -0.237. The Hall–Kier alpha value is -4.82. The predicted octanol–water partition coefficient (Wildman–Crippen LogP) is 5.24. The Labute approximate surface area is 226 Å². The van der Waals surface area contributed by atoms with E-state index in [1.807, 2.05) is 53.1 Å². The summed E-state index contributed by atoms with van der Waals surface area (Å²) in [5, 5.41) is 3.19. The predicted molar refractivity (Wildman–Crippen MR) is 155 cm³/mol. The van der Waals surface area contributed by atoms with Crippen molar-refractivity contribution in [3.63, 3.8) is 0 Å². The minimum Gasteiger partial charge on any atom is -0.383 e. The maximum absolute atomic E-state index is 10.8. The second kappa shape index (κ2) is 9.81. The van der Waals surface area contributed by atoms with Gasteiger partial charge in [0.2, 0.25) is 0 Å². The topological polar surface area (TPSA) is 125 Å². The van der Waals surface area contributed by atoms with Crippen molar-refractivity contribution in [1.82, 2.24) is 19.5 Å². The maximum Gasteiger partial charge on any atom is 0.165 e. The van der Waals surface area contributed by atoms with Gasteiger partial charge in [-0.15, -0.1) is 0 Å². The Kier molecular flexibility index (Phi) is 6.17. The van der Waals surface area contributed by atoms with E-state index in [9.17, 15) is 4.79 Å². The number of aromatic nitrogens is 4. The van der Waals surface area contributed by atoms with Gasteiger partial charge in [-0.25, -0.2) is 15.0 Å². The SMILES string of the molecule is C=C(C=O)CNc1ccc(-c2ccc3nc(-c4cccnc4N)n(-c4ccc(C5(N)CCC5)cc4)c3n2)cc1. The first-order valence-electron chi connectivity index (χ1n) is 12.9. The molecular weight excluding hydrogens is 486 g/mol. The van der Waals surface area contributed by atoms with Crippen molar-refractivity contribution >= 4 is 29.0 Å². The van der Waals surface area contributed by atoms with Gasteiger partial charge in [0.15, 0.2) is 11.5 Å². The summed E-state index contributed by atoms with van der Waals surface area (Å²) < 4.78 is 2.03. The molecular formula is C31H29N7O. The Morgan fingerprint density at radius 1 is 1.03 bits per heavy atom. The molecule has 0 radical (unpaired) electrons. The highest BCUT2D eigenvalue weighted by Gasteiger charge is 2.34. The van der Waals surface area contributed by atoms with Gasteiger partial charge in [-0.2, -0.15) is 0 Å². The molecule has 194 valence electrons. The Bertz CT molecular complexity index is 1680. The van der Waals surface area contributed by atoms with E-state index in [4.69, 9.17) is 21.4 Å². The van der Waals surface area contributed by atoms with Gasteiger partial charge in [-0.3, -0.25) is 9.36 Å². The normalized spacial score (nSPS) is 14.1. The largest absolute Gasteiger partial charge is 0.383 e. The lowest BCUT2D eigenvalue weighted by Crippen LogP contribution is -2.43. The molecule has 6 rings (SSSR count). The summed E-state index contributed by atoms with van der Waals surface area (Å²) in [6.45, 7) is 4.10. The van der Waals surface area contributed by atoms with Crippen molar-refractivity contribution in [3.05, 3.63) is 96.7 Å². The average molecular weight is 516 g/mol. The van der Waals surface area contributed by atoms with E-state index >= 15 is 0 Å². The van der Waals surface area contributed by atoms with Crippen LogP contribution in [-0.4, -0.2) is 32.3 Å². The Balaban J connectivity index is 1.43. The first-order chi connectivity index (χ1) is 18.9. The number of pyridine rings is 2. The number of aldehydes is 1. The van der Waals surface area contributed by atoms with Gasteiger partial charge in [0.25, 0.3) is 0 Å². The monoisotopic (exact) mass is 515 g/mol. The number of carbonyl (C=O) groups excluding carboxylic acids is 1. The van der Waals surface area contributed by atoms with Crippen molar-refractivity contribution in [2.45, 2.75) is 24.8 Å². The van der Waals surface area contributed by atoms with Crippen molar-refractivity contribution in [1.29, 1.82) is 0 Å². The van der Waals surface area contributed by atoms with E-state index in [1.165, 1.54) is 0 Å². The lowest BCUT2D eigenvalue weighted by Gasteiger charge is -2.38. The number of carbonyl (C=O) groups is 1. The molecule has 1 aliphatic rings. The van der Waals surface area contributed by atoms with Crippen LogP contribution in [0.25, 0.3) is 39.5 Å². The average Bonchev–Trinajstić information content (AvgIpc) is 3.33. The van der Waals surface area contributed by atoms with Gasteiger partial charge in [-0.05, 0) is 73.4 Å². The molecule has 0 saturated heterocycles. The van der Waals surface area contributed by atoms with Crippen molar-refractivity contribution < 1.29 is 4.79 Å². The summed E-state index contributed by atoms with van der Waals surface area (Å²) in [7, 11) is 0. The number of nitrogens with one attached hydrogen (secondary N) is 1. The number of imidazole rings is 1. The zero-order chi connectivity index (χ0) is 27.0. The van der Waals surface area contributed by atoms with E-state index < -0.39 is 0 Å². The molecule has 1 fully saturated rings. The molecule has 1 aliphatic carbocycles. The maximum atomic E-state index is 10.8. The molecule has 0 bridgehead atoms. The van der Waals surface area contributed by atoms with E-state index in [-0.39, 0.29) is 5.54 Å². The van der Waals surface area contributed by atoms with Gasteiger partial charge in [0, 0.05) is 40.8 Å². The molecule has 3 aromatic heterocycles. The van der Waals surface area contributed by atoms with Gasteiger partial charge in [0.05, 0.1) is 11.3 Å². The summed E-state index contributed by atoms with van der Waals surface area (Å²) >= 11 is 0. The van der Waals surface area contributed by atoms with Crippen molar-refractivity contribution in [2.75, 3.05) is 17.6 Å². The van der Waals surface area contributed by atoms with Crippen LogP contribution in [0, 0.1) is 0 Å². The zero-order valence-electron chi connectivity index (χ0n) is 21.5. The van der Waals surface area contributed by atoms with E-state index in [2.05, 4.69) is 41.1 Å². The quantitative estimate of drug-likeness (QED) is 0.191. The highest BCUT2D eigenvalue weighted by atomic mass is 16.1. The van der Waals surface area contributed by atoms with Crippen molar-refractivity contribution in [3.8, 4) is 28.3 Å². The molecule has 8 heteroatoms. The number of anilines is 2. The Morgan fingerprint density at radius 2 is 1.79 bits per heavy atom. The molecule has 0 unspecified atom stereocenters. The van der Waals surface area contributed by atoms with E-state index in [0.717, 1.165) is 64.8 Å². The lowest BCUT2D eigenvalue weighted by molar-refractivity contribution is -0.104. The van der Waals surface area contributed by atoms with Crippen LogP contribution in [0.5, 0.6) is 0 Å². The smallest absolute Gasteiger partial charge is 0.165 e. The molecule has 0 atom stereocenters. The minimum absolute atomic E-state index is 0.237. The summed E-state index contributed by atoms with van der Waals surface area (Å²) in [4.78, 5) is 25.1. The molecule has 5 aromatic rings. The molecule has 5 N–H and O–H groups in total. The zero-order valence-corrected chi connectivity index (χ0v) is 21.5. The standard InChI is InChI=1S/C31H29N7O/c1-20(19-39)18-35-23-9-5-21(6-10-23)26-13-14-27-30(36-26)38(29(37-27)25-4-2-17-34-28(25)32)24-11-7-22(8-12-24)31(33)15-3-16-31/h2,4-14,17,19,35H,1,3,15-16,18,33H2,(H2,32,34). The first-order valence-corrected chi connectivity index (χ1v) is 12.9. The van der Waals surface area contributed by atoms with Gasteiger partial charge < -0.3 is 16.8 Å². The number of nitrogens with two attached hydrogens (primary N) is 2. The number of benzene rings is 2. The number of hydrogen-bond acceptors (Lipinski definition) is 7. The molecule has 1 saturated carbocycles. The van der Waals surface area contributed by atoms with Crippen LogP contribution in [0.2, 0.25) is 0 Å². The fourth-order valence-electron chi connectivity index (χ4n) is 4.95. The number of hydrogen-bond donors (Lipinski definition) is 3. The fraction of sp³-hybridized carbons (Fsp3) is 0.161. The molecule has 2 aromatic carbocycles. The molecule has 0 spiro atoms. The summed E-state index contributed by atoms with van der Waals surface area (Å²) in [6, 6.07) is 24.0. The van der Waals surface area contributed by atoms with Crippen LogP contribution in [0.3, 0.4) is 0 Å². The Morgan fingerprint density at radius 3 is 2.46 bits per heavy atom. The second-order valence-electron chi connectivity index (χ2n) is 10.0. The molecule has 3 heterocycles. The summed E-state index contributed by atoms with van der Waals surface area (Å²) in [5.74, 6) is 1.08. The first kappa shape index (κ1) is 24.5.